The van der Waals surface area contributed by atoms with Gasteiger partial charge in [-0.2, -0.15) is 4.52 Å². The first-order chi connectivity index (χ1) is 12.9. The minimum atomic E-state index is -0.151. The van der Waals surface area contributed by atoms with Crippen LogP contribution in [0.5, 0.6) is 0 Å². The molecule has 1 unspecified atom stereocenters. The summed E-state index contributed by atoms with van der Waals surface area (Å²) in [6.45, 7) is 2.52. The number of furan rings is 1. The number of nitrogens with two attached hydrogens (primary N) is 1. The van der Waals surface area contributed by atoms with E-state index in [1.165, 1.54) is 11.4 Å². The maximum absolute atomic E-state index is 12.8. The number of hydrogen-bond acceptors (Lipinski definition) is 6. The molecule has 1 aliphatic rings. The number of anilines is 1. The van der Waals surface area contributed by atoms with Gasteiger partial charge < -0.3 is 20.4 Å². The van der Waals surface area contributed by atoms with Gasteiger partial charge in [-0.3, -0.25) is 9.59 Å². The maximum atomic E-state index is 12.8. The molecule has 3 N–H and O–H groups in total. The average molecular weight is 433 g/mol. The van der Waals surface area contributed by atoms with E-state index >= 15 is 0 Å². The van der Waals surface area contributed by atoms with Gasteiger partial charge in [-0.25, -0.2) is 4.98 Å². The molecule has 0 saturated carbocycles. The van der Waals surface area contributed by atoms with Crippen LogP contribution in [-0.4, -0.2) is 50.4 Å². The smallest absolute Gasteiger partial charge is 0.254 e. The van der Waals surface area contributed by atoms with Gasteiger partial charge in [-0.05, 0) is 46.6 Å². The number of fused-ring (bicyclic) bond motifs is 1. The molecular weight excluding hydrogens is 416 g/mol. The Morgan fingerprint density at radius 2 is 2.19 bits per heavy atom. The molecule has 9 nitrogen and oxygen atoms in total. The summed E-state index contributed by atoms with van der Waals surface area (Å²) in [4.78, 5) is 30.1. The molecule has 2 amide bonds. The fourth-order valence-electron chi connectivity index (χ4n) is 3.20. The van der Waals surface area contributed by atoms with Crippen molar-refractivity contribution >= 4 is 39.2 Å². The van der Waals surface area contributed by atoms with Crippen molar-refractivity contribution in [3.63, 3.8) is 0 Å². The first kappa shape index (κ1) is 17.5. The molecule has 0 aromatic carbocycles. The highest BCUT2D eigenvalue weighted by Crippen LogP contribution is 2.24. The van der Waals surface area contributed by atoms with E-state index in [0.29, 0.717) is 46.4 Å². The molecule has 27 heavy (non-hydrogen) atoms. The normalized spacial score (nSPS) is 16.8. The Hall–Kier alpha value is -2.88. The van der Waals surface area contributed by atoms with Crippen molar-refractivity contribution in [3.8, 4) is 11.6 Å². The van der Waals surface area contributed by atoms with Crippen LogP contribution in [0.25, 0.3) is 17.2 Å². The van der Waals surface area contributed by atoms with Crippen LogP contribution >= 0.6 is 15.9 Å². The van der Waals surface area contributed by atoms with Crippen LogP contribution in [0.3, 0.4) is 0 Å². The summed E-state index contributed by atoms with van der Waals surface area (Å²) < 4.78 is 7.51. The van der Waals surface area contributed by atoms with Gasteiger partial charge in [0.25, 0.3) is 5.91 Å². The minimum absolute atomic E-state index is 0.0235. The summed E-state index contributed by atoms with van der Waals surface area (Å²) in [5.74, 6) is 0.931. The topological polar surface area (TPSA) is 119 Å². The second-order valence-electron chi connectivity index (χ2n) is 6.42. The second kappa shape index (κ2) is 6.69. The van der Waals surface area contributed by atoms with E-state index in [1.807, 2.05) is 0 Å². The highest BCUT2D eigenvalue weighted by molar-refractivity contribution is 9.10. The van der Waals surface area contributed by atoms with Gasteiger partial charge in [0.15, 0.2) is 16.1 Å². The van der Waals surface area contributed by atoms with Gasteiger partial charge in [0.05, 0.1) is 0 Å². The van der Waals surface area contributed by atoms with Crippen LogP contribution in [0.4, 0.5) is 5.82 Å². The van der Waals surface area contributed by atoms with Crippen molar-refractivity contribution in [2.75, 3.05) is 18.8 Å². The van der Waals surface area contributed by atoms with Crippen LogP contribution in [0, 0.1) is 0 Å². The lowest BCUT2D eigenvalue weighted by molar-refractivity contribution is -0.119. The van der Waals surface area contributed by atoms with E-state index in [4.69, 9.17) is 10.2 Å². The van der Waals surface area contributed by atoms with Gasteiger partial charge in [-0.1, -0.05) is 0 Å². The molecule has 3 aromatic heterocycles. The number of likely N-dealkylation sites (tertiary alicyclic amines) is 1. The molecule has 0 aliphatic carbocycles. The number of amides is 2. The predicted molar refractivity (Wildman–Crippen MR) is 101 cm³/mol. The number of hydrogen-bond donors (Lipinski definition) is 2. The van der Waals surface area contributed by atoms with Crippen molar-refractivity contribution in [3.05, 3.63) is 34.5 Å². The number of carbonyl (C=O) groups excluding carboxylic acids is 2. The largest absolute Gasteiger partial charge is 0.446 e. The fourth-order valence-corrected chi connectivity index (χ4v) is 3.51. The number of nitrogen functional groups attached to an aromatic ring is 1. The number of carbonyl (C=O) groups is 2. The van der Waals surface area contributed by atoms with E-state index in [1.54, 1.807) is 29.2 Å². The second-order valence-corrected chi connectivity index (χ2v) is 7.20. The summed E-state index contributed by atoms with van der Waals surface area (Å²) >= 11 is 3.25. The lowest BCUT2D eigenvalue weighted by atomic mass is 10.2. The number of nitrogens with one attached hydrogen (secondary N) is 1. The van der Waals surface area contributed by atoms with Crippen molar-refractivity contribution in [2.24, 2.45) is 0 Å². The quantitative estimate of drug-likeness (QED) is 0.649. The average Bonchev–Trinajstić information content (AvgIpc) is 3.32. The summed E-state index contributed by atoms with van der Waals surface area (Å²) in [6.07, 6.45) is 0.728. The molecular formula is C17H17BrN6O3. The van der Waals surface area contributed by atoms with Gasteiger partial charge in [0.1, 0.15) is 5.82 Å². The zero-order valence-electron chi connectivity index (χ0n) is 14.5. The third-order valence-electron chi connectivity index (χ3n) is 4.39. The van der Waals surface area contributed by atoms with Crippen LogP contribution < -0.4 is 11.1 Å². The van der Waals surface area contributed by atoms with Crippen LogP contribution in [-0.2, 0) is 4.79 Å². The Morgan fingerprint density at radius 3 is 2.89 bits per heavy atom. The highest BCUT2D eigenvalue weighted by atomic mass is 79.9. The lowest BCUT2D eigenvalue weighted by Crippen LogP contribution is -2.37. The Morgan fingerprint density at radius 1 is 1.37 bits per heavy atom. The van der Waals surface area contributed by atoms with Crippen LogP contribution in [0.2, 0.25) is 0 Å². The summed E-state index contributed by atoms with van der Waals surface area (Å²) in [5.41, 5.74) is 6.97. The van der Waals surface area contributed by atoms with E-state index in [-0.39, 0.29) is 17.9 Å². The predicted octanol–water partition coefficient (Wildman–Crippen LogP) is 1.68. The maximum Gasteiger partial charge on any atom is 0.254 e. The SMILES string of the molecule is CC(=O)NC1CCN(C(=O)c2cc(N)n3nc(-c4ccc(Br)o4)nc3c2)C1. The van der Waals surface area contributed by atoms with E-state index < -0.39 is 0 Å². The Labute approximate surface area is 162 Å². The molecule has 4 rings (SSSR count). The minimum Gasteiger partial charge on any atom is -0.446 e. The third-order valence-corrected chi connectivity index (χ3v) is 4.81. The van der Waals surface area contributed by atoms with Crippen molar-refractivity contribution in [1.29, 1.82) is 0 Å². The number of nitrogens with zero attached hydrogens (tertiary/aromatic N) is 4. The molecule has 140 valence electrons. The van der Waals surface area contributed by atoms with Crippen LogP contribution in [0.15, 0.2) is 33.4 Å². The summed E-state index contributed by atoms with van der Waals surface area (Å²) in [7, 11) is 0. The fraction of sp³-hybridized carbons (Fsp3) is 0.294. The van der Waals surface area contributed by atoms with Gasteiger partial charge in [0.2, 0.25) is 11.7 Å². The summed E-state index contributed by atoms with van der Waals surface area (Å²) in [5, 5.41) is 7.18. The molecule has 0 bridgehead atoms. The van der Waals surface area contributed by atoms with Gasteiger partial charge in [-0.15, -0.1) is 5.10 Å². The molecule has 0 spiro atoms. The number of rotatable bonds is 3. The van der Waals surface area contributed by atoms with Crippen molar-refractivity contribution in [2.45, 2.75) is 19.4 Å². The van der Waals surface area contributed by atoms with Crippen LogP contribution in [0.1, 0.15) is 23.7 Å². The zero-order chi connectivity index (χ0) is 19.1. The van der Waals surface area contributed by atoms with Gasteiger partial charge >= 0.3 is 0 Å². The van der Waals surface area contributed by atoms with Crippen molar-refractivity contribution < 1.29 is 14.0 Å². The highest BCUT2D eigenvalue weighted by Gasteiger charge is 2.28. The first-order valence-corrected chi connectivity index (χ1v) is 9.18. The number of aromatic nitrogens is 3. The molecule has 1 aliphatic heterocycles. The first-order valence-electron chi connectivity index (χ1n) is 8.39. The molecule has 4 heterocycles. The van der Waals surface area contributed by atoms with E-state index in [0.717, 1.165) is 6.42 Å². The monoisotopic (exact) mass is 432 g/mol. The molecule has 1 fully saturated rings. The Bertz CT molecular complexity index is 1040. The standard InChI is InChI=1S/C17H17BrN6O3/c1-9(25)20-11-4-5-23(8-11)17(26)10-6-14(19)24-15(7-10)21-16(22-24)12-2-3-13(18)27-12/h2-3,6-7,11H,4-5,8,19H2,1H3,(H,20,25). The molecule has 0 radical (unpaired) electrons. The van der Waals surface area contributed by atoms with E-state index in [2.05, 4.69) is 31.3 Å². The van der Waals surface area contributed by atoms with Gasteiger partial charge in [0, 0.05) is 31.6 Å². The Kier molecular flexibility index (Phi) is 4.34. The summed E-state index contributed by atoms with van der Waals surface area (Å²) in [6, 6.07) is 6.70. The van der Waals surface area contributed by atoms with Crippen molar-refractivity contribution in [1.82, 2.24) is 24.8 Å². The lowest BCUT2D eigenvalue weighted by Gasteiger charge is -2.17. The molecule has 1 atom stereocenters. The third kappa shape index (κ3) is 3.39. The molecule has 1 saturated heterocycles. The zero-order valence-corrected chi connectivity index (χ0v) is 16.1. The number of halogens is 1. The number of pyridine rings is 1. The van der Waals surface area contributed by atoms with E-state index in [9.17, 15) is 9.59 Å². The molecule has 3 aromatic rings. The molecule has 10 heteroatoms. The Balaban J connectivity index is 1.61.